The molecule has 2 aliphatic rings. The lowest BCUT2D eigenvalue weighted by molar-refractivity contribution is 0.0142. The standard InChI is InChI=1S/C26H33N3O3/c1-26(2,3)32-25(31)28-16-14-21(15-17-28)29(20-12-13-20)24(30)19-10-8-18(9-11-19)22-6-4-5-7-23(22)27/h4-11,20-21H,12-17,27H2,1-3H3. The van der Waals surface area contributed by atoms with Crippen LogP contribution in [0.25, 0.3) is 11.1 Å². The summed E-state index contributed by atoms with van der Waals surface area (Å²) in [6.45, 7) is 6.86. The highest BCUT2D eigenvalue weighted by Gasteiger charge is 2.39. The number of likely N-dealkylation sites (tertiary alicyclic amines) is 1. The highest BCUT2D eigenvalue weighted by atomic mass is 16.6. The summed E-state index contributed by atoms with van der Waals surface area (Å²) in [5.41, 5.74) is 9.00. The molecule has 0 bridgehead atoms. The molecule has 1 saturated carbocycles. The molecule has 2 N–H and O–H groups in total. The first kappa shape index (κ1) is 22.2. The fraction of sp³-hybridized carbons (Fsp3) is 0.462. The predicted octanol–water partition coefficient (Wildman–Crippen LogP) is 4.94. The van der Waals surface area contributed by atoms with E-state index in [9.17, 15) is 9.59 Å². The molecular weight excluding hydrogens is 402 g/mol. The zero-order valence-electron chi connectivity index (χ0n) is 19.2. The number of anilines is 1. The number of amides is 2. The van der Waals surface area contributed by atoms with Crippen molar-refractivity contribution in [3.05, 3.63) is 54.1 Å². The Kier molecular flexibility index (Phi) is 6.13. The summed E-state index contributed by atoms with van der Waals surface area (Å²) in [7, 11) is 0. The molecule has 0 unspecified atom stereocenters. The number of nitrogens with zero attached hydrogens (tertiary/aromatic N) is 2. The number of benzene rings is 2. The quantitative estimate of drug-likeness (QED) is 0.690. The van der Waals surface area contributed by atoms with Gasteiger partial charge in [-0.05, 0) is 70.2 Å². The van der Waals surface area contributed by atoms with Crippen molar-refractivity contribution >= 4 is 17.7 Å². The van der Waals surface area contributed by atoms with Crippen LogP contribution in [0.3, 0.4) is 0 Å². The molecule has 6 heteroatoms. The molecule has 170 valence electrons. The highest BCUT2D eigenvalue weighted by Crippen LogP contribution is 2.34. The minimum absolute atomic E-state index is 0.0794. The Morgan fingerprint density at radius 2 is 1.53 bits per heavy atom. The van der Waals surface area contributed by atoms with E-state index in [1.54, 1.807) is 4.90 Å². The number of piperidine rings is 1. The van der Waals surface area contributed by atoms with E-state index in [1.807, 2.05) is 69.3 Å². The summed E-state index contributed by atoms with van der Waals surface area (Å²) in [5.74, 6) is 0.0794. The second kappa shape index (κ2) is 8.85. The molecule has 2 fully saturated rings. The van der Waals surface area contributed by atoms with Crippen molar-refractivity contribution in [3.63, 3.8) is 0 Å². The fourth-order valence-electron chi connectivity index (χ4n) is 4.34. The summed E-state index contributed by atoms with van der Waals surface area (Å²) in [4.78, 5) is 29.6. The molecule has 4 rings (SSSR count). The zero-order valence-corrected chi connectivity index (χ0v) is 19.2. The van der Waals surface area contributed by atoms with E-state index < -0.39 is 5.60 Å². The normalized spacial score (nSPS) is 17.2. The summed E-state index contributed by atoms with van der Waals surface area (Å²) in [6, 6.07) is 15.9. The van der Waals surface area contributed by atoms with Crippen LogP contribution in [-0.4, -0.2) is 52.6 Å². The molecule has 2 aromatic carbocycles. The van der Waals surface area contributed by atoms with Gasteiger partial charge in [-0.1, -0.05) is 30.3 Å². The summed E-state index contributed by atoms with van der Waals surface area (Å²) < 4.78 is 5.50. The number of carbonyl (C=O) groups is 2. The average Bonchev–Trinajstić information content (AvgIpc) is 3.59. The molecule has 2 amide bonds. The third kappa shape index (κ3) is 5.06. The predicted molar refractivity (Wildman–Crippen MR) is 126 cm³/mol. The molecule has 0 atom stereocenters. The van der Waals surface area contributed by atoms with Crippen LogP contribution in [0.2, 0.25) is 0 Å². The summed E-state index contributed by atoms with van der Waals surface area (Å²) in [6.07, 6.45) is 3.39. The van der Waals surface area contributed by atoms with Gasteiger partial charge in [-0.2, -0.15) is 0 Å². The first-order valence-electron chi connectivity index (χ1n) is 11.5. The molecule has 2 aromatic rings. The Morgan fingerprint density at radius 1 is 0.938 bits per heavy atom. The van der Waals surface area contributed by atoms with Crippen LogP contribution in [0, 0.1) is 0 Å². The Hall–Kier alpha value is -3.02. The van der Waals surface area contributed by atoms with Crippen LogP contribution >= 0.6 is 0 Å². The summed E-state index contributed by atoms with van der Waals surface area (Å²) in [5, 5.41) is 0. The van der Waals surface area contributed by atoms with Gasteiger partial charge in [0.2, 0.25) is 0 Å². The monoisotopic (exact) mass is 435 g/mol. The molecule has 1 aliphatic heterocycles. The maximum Gasteiger partial charge on any atom is 0.410 e. The fourth-order valence-corrected chi connectivity index (χ4v) is 4.34. The molecular formula is C26H33N3O3. The first-order chi connectivity index (χ1) is 15.2. The lowest BCUT2D eigenvalue weighted by Crippen LogP contribution is -2.50. The maximum atomic E-state index is 13.4. The van der Waals surface area contributed by atoms with Crippen molar-refractivity contribution in [1.29, 1.82) is 0 Å². The van der Waals surface area contributed by atoms with Crippen LogP contribution in [0.15, 0.2) is 48.5 Å². The lowest BCUT2D eigenvalue weighted by atomic mass is 9.99. The topological polar surface area (TPSA) is 75.9 Å². The zero-order chi connectivity index (χ0) is 22.9. The van der Waals surface area contributed by atoms with Gasteiger partial charge in [0.15, 0.2) is 0 Å². The number of hydrogen-bond acceptors (Lipinski definition) is 4. The molecule has 0 spiro atoms. The number of rotatable bonds is 4. The van der Waals surface area contributed by atoms with Gasteiger partial charge < -0.3 is 20.3 Å². The molecule has 1 heterocycles. The van der Waals surface area contributed by atoms with Gasteiger partial charge >= 0.3 is 6.09 Å². The van der Waals surface area contributed by atoms with Gasteiger partial charge in [0.1, 0.15) is 5.60 Å². The molecule has 1 aliphatic carbocycles. The van der Waals surface area contributed by atoms with E-state index in [4.69, 9.17) is 10.5 Å². The number of ether oxygens (including phenoxy) is 1. The van der Waals surface area contributed by atoms with Crippen LogP contribution in [-0.2, 0) is 4.74 Å². The van der Waals surface area contributed by atoms with Gasteiger partial charge in [-0.3, -0.25) is 4.79 Å². The molecule has 32 heavy (non-hydrogen) atoms. The van der Waals surface area contributed by atoms with Crippen molar-refractivity contribution < 1.29 is 14.3 Å². The second-order valence-corrected chi connectivity index (χ2v) is 9.81. The van der Waals surface area contributed by atoms with Crippen molar-refractivity contribution in [2.24, 2.45) is 0 Å². The number of hydrogen-bond donors (Lipinski definition) is 1. The van der Waals surface area contributed by atoms with E-state index in [0.717, 1.165) is 42.5 Å². The Bertz CT molecular complexity index is 969. The first-order valence-corrected chi connectivity index (χ1v) is 11.5. The van der Waals surface area contributed by atoms with Crippen LogP contribution < -0.4 is 5.73 Å². The van der Waals surface area contributed by atoms with Crippen molar-refractivity contribution in [1.82, 2.24) is 9.80 Å². The smallest absolute Gasteiger partial charge is 0.410 e. The average molecular weight is 436 g/mol. The van der Waals surface area contributed by atoms with E-state index >= 15 is 0 Å². The summed E-state index contributed by atoms with van der Waals surface area (Å²) >= 11 is 0. The van der Waals surface area contributed by atoms with Gasteiger partial charge in [-0.25, -0.2) is 4.79 Å². The molecule has 0 aromatic heterocycles. The number of nitrogens with two attached hydrogens (primary N) is 1. The lowest BCUT2D eigenvalue weighted by Gasteiger charge is -2.39. The van der Waals surface area contributed by atoms with Crippen molar-refractivity contribution in [2.75, 3.05) is 18.8 Å². The van der Waals surface area contributed by atoms with Crippen LogP contribution in [0.5, 0.6) is 0 Å². The Morgan fingerprint density at radius 3 is 2.09 bits per heavy atom. The minimum Gasteiger partial charge on any atom is -0.444 e. The number of carbonyl (C=O) groups excluding carboxylic acids is 2. The van der Waals surface area contributed by atoms with Crippen LogP contribution in [0.4, 0.5) is 10.5 Å². The number of para-hydroxylation sites is 1. The SMILES string of the molecule is CC(C)(C)OC(=O)N1CCC(N(C(=O)c2ccc(-c3ccccc3N)cc2)C2CC2)CC1. The molecule has 0 radical (unpaired) electrons. The Labute approximate surface area is 190 Å². The van der Waals surface area contributed by atoms with Gasteiger partial charge in [0.25, 0.3) is 5.91 Å². The van der Waals surface area contributed by atoms with Gasteiger partial charge in [0.05, 0.1) is 0 Å². The largest absolute Gasteiger partial charge is 0.444 e. The van der Waals surface area contributed by atoms with E-state index in [0.29, 0.717) is 24.7 Å². The van der Waals surface area contributed by atoms with Gasteiger partial charge in [0, 0.05) is 42.0 Å². The highest BCUT2D eigenvalue weighted by molar-refractivity contribution is 5.95. The van der Waals surface area contributed by atoms with Crippen molar-refractivity contribution in [3.8, 4) is 11.1 Å². The van der Waals surface area contributed by atoms with E-state index in [1.165, 1.54) is 0 Å². The maximum absolute atomic E-state index is 13.4. The molecule has 1 saturated heterocycles. The van der Waals surface area contributed by atoms with Gasteiger partial charge in [-0.15, -0.1) is 0 Å². The Balaban J connectivity index is 1.43. The number of nitrogen functional groups attached to an aromatic ring is 1. The van der Waals surface area contributed by atoms with E-state index in [-0.39, 0.29) is 18.0 Å². The third-order valence-corrected chi connectivity index (χ3v) is 6.09. The molecule has 6 nitrogen and oxygen atoms in total. The van der Waals surface area contributed by atoms with Crippen LogP contribution in [0.1, 0.15) is 56.8 Å². The minimum atomic E-state index is -0.499. The van der Waals surface area contributed by atoms with Crippen molar-refractivity contribution in [2.45, 2.75) is 64.1 Å². The second-order valence-electron chi connectivity index (χ2n) is 9.81. The third-order valence-electron chi connectivity index (χ3n) is 6.09. The van der Waals surface area contributed by atoms with E-state index in [2.05, 4.69) is 4.90 Å².